The molecule has 0 spiro atoms. The van der Waals surface area contributed by atoms with Crippen LogP contribution in [0.3, 0.4) is 0 Å². The van der Waals surface area contributed by atoms with E-state index in [0.29, 0.717) is 16.8 Å². The van der Waals surface area contributed by atoms with Gasteiger partial charge in [0.1, 0.15) is 0 Å². The van der Waals surface area contributed by atoms with Gasteiger partial charge in [0.15, 0.2) is 5.11 Å². The molecule has 0 fully saturated rings. The Labute approximate surface area is 195 Å². The second-order valence-electron chi connectivity index (χ2n) is 7.06. The van der Waals surface area contributed by atoms with Gasteiger partial charge in [-0.1, -0.05) is 52.3 Å². The first-order chi connectivity index (χ1) is 14.8. The molecule has 0 aliphatic heterocycles. The second kappa shape index (κ2) is 10.3. The molecule has 0 bridgehead atoms. The topological polar surface area (TPSA) is 70.2 Å². The maximum Gasteiger partial charge on any atom is 0.257 e. The van der Waals surface area contributed by atoms with Crippen molar-refractivity contribution < 1.29 is 9.59 Å². The van der Waals surface area contributed by atoms with Gasteiger partial charge in [-0.25, -0.2) is 0 Å². The minimum atomic E-state index is -0.302. The molecule has 31 heavy (non-hydrogen) atoms. The third kappa shape index (κ3) is 6.23. The number of carbonyl (C=O) groups excluding carboxylic acids is 2. The number of benzene rings is 3. The zero-order valence-electron chi connectivity index (χ0n) is 17.1. The summed E-state index contributed by atoms with van der Waals surface area (Å²) >= 11 is 8.65. The molecular weight excluding hydrogens is 474 g/mol. The van der Waals surface area contributed by atoms with Crippen molar-refractivity contribution in [2.24, 2.45) is 0 Å². The number of anilines is 1. The van der Waals surface area contributed by atoms with Crippen LogP contribution in [0.15, 0.2) is 77.3 Å². The number of halogens is 1. The molecule has 7 heteroatoms. The number of amides is 2. The highest BCUT2D eigenvalue weighted by Crippen LogP contribution is 2.18. The van der Waals surface area contributed by atoms with Crippen molar-refractivity contribution in [1.29, 1.82) is 0 Å². The lowest BCUT2D eigenvalue weighted by Crippen LogP contribution is -2.34. The molecule has 0 saturated heterocycles. The lowest BCUT2D eigenvalue weighted by molar-refractivity contribution is 0.0938. The molecule has 0 aliphatic rings. The summed E-state index contributed by atoms with van der Waals surface area (Å²) in [4.78, 5) is 24.9. The second-order valence-corrected chi connectivity index (χ2v) is 8.32. The molecular formula is C24H22BrN3O2S. The Hall–Kier alpha value is -3.03. The lowest BCUT2D eigenvalue weighted by Gasteiger charge is -2.15. The summed E-state index contributed by atoms with van der Waals surface area (Å²) in [7, 11) is 0. The molecule has 1 unspecified atom stereocenters. The summed E-state index contributed by atoms with van der Waals surface area (Å²) < 4.78 is 0.856. The van der Waals surface area contributed by atoms with E-state index in [1.54, 1.807) is 36.4 Å². The molecule has 1 atom stereocenters. The normalized spacial score (nSPS) is 11.3. The zero-order valence-corrected chi connectivity index (χ0v) is 19.5. The fraction of sp³-hybridized carbons (Fsp3) is 0.125. The molecule has 3 aromatic carbocycles. The third-order valence-electron chi connectivity index (χ3n) is 4.71. The number of carbonyl (C=O) groups is 2. The molecule has 0 saturated carbocycles. The predicted octanol–water partition coefficient (Wildman–Crippen LogP) is 5.38. The van der Waals surface area contributed by atoms with Gasteiger partial charge < -0.3 is 10.6 Å². The van der Waals surface area contributed by atoms with E-state index in [0.717, 1.165) is 15.6 Å². The van der Waals surface area contributed by atoms with Gasteiger partial charge in [0.05, 0.1) is 6.04 Å². The van der Waals surface area contributed by atoms with Crippen LogP contribution in [0, 0.1) is 6.92 Å². The summed E-state index contributed by atoms with van der Waals surface area (Å²) in [5.74, 6) is -0.465. The molecule has 3 rings (SSSR count). The maximum atomic E-state index is 12.5. The van der Waals surface area contributed by atoms with E-state index in [2.05, 4.69) is 31.9 Å². The van der Waals surface area contributed by atoms with Gasteiger partial charge in [0.2, 0.25) is 0 Å². The molecule has 2 amide bonds. The van der Waals surface area contributed by atoms with Crippen molar-refractivity contribution in [2.45, 2.75) is 19.9 Å². The van der Waals surface area contributed by atoms with Crippen LogP contribution in [0.2, 0.25) is 0 Å². The van der Waals surface area contributed by atoms with Crippen LogP contribution in [0.1, 0.15) is 44.8 Å². The summed E-state index contributed by atoms with van der Waals surface area (Å²) in [6.07, 6.45) is 0. The van der Waals surface area contributed by atoms with Crippen LogP contribution in [0.25, 0.3) is 0 Å². The van der Waals surface area contributed by atoms with Crippen molar-refractivity contribution in [1.82, 2.24) is 10.6 Å². The maximum absolute atomic E-state index is 12.5. The Morgan fingerprint density at radius 1 is 0.903 bits per heavy atom. The van der Waals surface area contributed by atoms with E-state index in [1.165, 1.54) is 0 Å². The van der Waals surface area contributed by atoms with Crippen molar-refractivity contribution in [3.05, 3.63) is 99.5 Å². The van der Waals surface area contributed by atoms with Crippen LogP contribution in [0.4, 0.5) is 5.69 Å². The van der Waals surface area contributed by atoms with Crippen molar-refractivity contribution in [3.63, 3.8) is 0 Å². The van der Waals surface area contributed by atoms with E-state index in [4.69, 9.17) is 12.2 Å². The third-order valence-corrected chi connectivity index (χ3v) is 5.77. The highest BCUT2D eigenvalue weighted by molar-refractivity contribution is 9.10. The highest BCUT2D eigenvalue weighted by atomic mass is 79.9. The Morgan fingerprint density at radius 3 is 2.19 bits per heavy atom. The number of thiocarbonyl (C=S) groups is 1. The molecule has 3 N–H and O–H groups in total. The molecule has 0 aliphatic carbocycles. The number of nitrogens with one attached hydrogen (secondary N) is 3. The fourth-order valence-corrected chi connectivity index (χ4v) is 3.47. The van der Waals surface area contributed by atoms with E-state index >= 15 is 0 Å². The van der Waals surface area contributed by atoms with Crippen molar-refractivity contribution >= 4 is 50.8 Å². The monoisotopic (exact) mass is 495 g/mol. The molecule has 0 heterocycles. The SMILES string of the molecule is Cc1ccc(C(=O)NC(=S)Nc2ccc(C(=O)NC(C)c3ccccc3)cc2)cc1Br. The van der Waals surface area contributed by atoms with Gasteiger partial charge in [-0.05, 0) is 73.6 Å². The molecule has 158 valence electrons. The smallest absolute Gasteiger partial charge is 0.257 e. The summed E-state index contributed by atoms with van der Waals surface area (Å²) in [5.41, 5.74) is 3.78. The fourth-order valence-electron chi connectivity index (χ4n) is 2.88. The Kier molecular flexibility index (Phi) is 7.55. The number of hydrogen-bond acceptors (Lipinski definition) is 3. The highest BCUT2D eigenvalue weighted by Gasteiger charge is 2.12. The van der Waals surface area contributed by atoms with Crippen LogP contribution in [-0.2, 0) is 0 Å². The van der Waals surface area contributed by atoms with Gasteiger partial charge in [0, 0.05) is 21.3 Å². The van der Waals surface area contributed by atoms with Crippen LogP contribution < -0.4 is 16.0 Å². The first kappa shape index (κ1) is 22.7. The first-order valence-corrected chi connectivity index (χ1v) is 10.9. The average Bonchev–Trinajstić information content (AvgIpc) is 2.76. The Balaban J connectivity index is 1.55. The van der Waals surface area contributed by atoms with Gasteiger partial charge in [-0.15, -0.1) is 0 Å². The average molecular weight is 496 g/mol. The van der Waals surface area contributed by atoms with E-state index in [1.807, 2.05) is 50.2 Å². The standard InChI is InChI=1S/C24H22BrN3O2S/c1-15-8-9-19(14-21(15)25)23(30)28-24(31)27-20-12-10-18(11-13-20)22(29)26-16(2)17-6-4-3-5-7-17/h3-14,16H,1-2H3,(H,26,29)(H2,27,28,30,31). The predicted molar refractivity (Wildman–Crippen MR) is 131 cm³/mol. The molecule has 5 nitrogen and oxygen atoms in total. The number of rotatable bonds is 5. The molecule has 3 aromatic rings. The molecule has 0 aromatic heterocycles. The largest absolute Gasteiger partial charge is 0.346 e. The lowest BCUT2D eigenvalue weighted by atomic mass is 10.1. The minimum absolute atomic E-state index is 0.101. The number of hydrogen-bond donors (Lipinski definition) is 3. The number of aryl methyl sites for hydroxylation is 1. The quantitative estimate of drug-likeness (QED) is 0.415. The van der Waals surface area contributed by atoms with Crippen LogP contribution in [0.5, 0.6) is 0 Å². The van der Waals surface area contributed by atoms with Crippen LogP contribution in [-0.4, -0.2) is 16.9 Å². The zero-order chi connectivity index (χ0) is 22.4. The minimum Gasteiger partial charge on any atom is -0.346 e. The van der Waals surface area contributed by atoms with Crippen molar-refractivity contribution in [3.8, 4) is 0 Å². The molecule has 0 radical (unpaired) electrons. The van der Waals surface area contributed by atoms with Gasteiger partial charge in [-0.3, -0.25) is 14.9 Å². The van der Waals surface area contributed by atoms with E-state index < -0.39 is 0 Å². The summed E-state index contributed by atoms with van der Waals surface area (Å²) in [6.45, 7) is 3.89. The van der Waals surface area contributed by atoms with Gasteiger partial charge >= 0.3 is 0 Å². The van der Waals surface area contributed by atoms with Crippen LogP contribution >= 0.6 is 28.1 Å². The summed E-state index contributed by atoms with van der Waals surface area (Å²) in [6, 6.07) is 21.9. The van der Waals surface area contributed by atoms with E-state index in [9.17, 15) is 9.59 Å². The first-order valence-electron chi connectivity index (χ1n) is 9.68. The Morgan fingerprint density at radius 2 is 1.55 bits per heavy atom. The van der Waals surface area contributed by atoms with Crippen molar-refractivity contribution in [2.75, 3.05) is 5.32 Å². The van der Waals surface area contributed by atoms with Gasteiger partial charge in [0.25, 0.3) is 11.8 Å². The summed E-state index contributed by atoms with van der Waals surface area (Å²) in [5, 5.41) is 8.77. The van der Waals surface area contributed by atoms with E-state index in [-0.39, 0.29) is 23.0 Å². The Bertz CT molecular complexity index is 1100. The van der Waals surface area contributed by atoms with Gasteiger partial charge in [-0.2, -0.15) is 0 Å².